The van der Waals surface area contributed by atoms with Crippen LogP contribution >= 0.6 is 0 Å². The van der Waals surface area contributed by atoms with Crippen LogP contribution in [0.15, 0.2) is 54.9 Å². The Morgan fingerprint density at radius 3 is 2.54 bits per heavy atom. The van der Waals surface area contributed by atoms with Crippen molar-refractivity contribution in [2.75, 3.05) is 5.43 Å². The summed E-state index contributed by atoms with van der Waals surface area (Å²) in [5, 5.41) is 0. The lowest BCUT2D eigenvalue weighted by Crippen LogP contribution is -2.41. The normalized spacial score (nSPS) is 16.4. The van der Waals surface area contributed by atoms with Gasteiger partial charge in [0, 0.05) is 0 Å². The smallest absolute Gasteiger partial charge is 0.249 e. The number of hydrogen-bond acceptors (Lipinski definition) is 2. The molecule has 0 spiro atoms. The highest BCUT2D eigenvalue weighted by molar-refractivity contribution is 5.95. The summed E-state index contributed by atoms with van der Waals surface area (Å²) < 4.78 is 14.9. The number of halogens is 1. The second-order valence-electron chi connectivity index (χ2n) is 6.34. The molecular weight excluding hydrogens is 305 g/mol. The van der Waals surface area contributed by atoms with E-state index in [1.807, 2.05) is 24.3 Å². The van der Waals surface area contributed by atoms with Gasteiger partial charge >= 0.3 is 0 Å². The number of aromatic nitrogens is 2. The summed E-state index contributed by atoms with van der Waals surface area (Å²) in [5.41, 5.74) is 4.95. The molecule has 1 aliphatic carbocycles. The molecule has 2 aromatic carbocycles. The van der Waals surface area contributed by atoms with Crippen LogP contribution in [0.25, 0.3) is 11.0 Å². The second-order valence-corrected chi connectivity index (χ2v) is 6.34. The van der Waals surface area contributed by atoms with Gasteiger partial charge in [0.2, 0.25) is 5.91 Å². The van der Waals surface area contributed by atoms with Crippen molar-refractivity contribution >= 4 is 16.9 Å². The molecule has 0 saturated heterocycles. The summed E-state index contributed by atoms with van der Waals surface area (Å²) in [7, 11) is 0. The fraction of sp³-hybridized carbons (Fsp3) is 0.263. The molecule has 1 heterocycles. The maximum absolute atomic E-state index is 13.3. The molecule has 0 atom stereocenters. The Morgan fingerprint density at radius 2 is 1.79 bits per heavy atom. The van der Waals surface area contributed by atoms with E-state index in [0.29, 0.717) is 0 Å². The van der Waals surface area contributed by atoms with Crippen LogP contribution in [-0.4, -0.2) is 15.6 Å². The minimum Gasteiger partial charge on any atom is -0.272 e. The molecule has 0 unspecified atom stereocenters. The molecule has 3 aromatic rings. The summed E-state index contributed by atoms with van der Waals surface area (Å²) in [6.07, 6.45) is 5.16. The summed E-state index contributed by atoms with van der Waals surface area (Å²) >= 11 is 0. The van der Waals surface area contributed by atoms with Crippen molar-refractivity contribution in [2.45, 2.75) is 31.1 Å². The fourth-order valence-electron chi connectivity index (χ4n) is 3.66. The average Bonchev–Trinajstić information content (AvgIpc) is 3.24. The lowest BCUT2D eigenvalue weighted by atomic mass is 9.78. The zero-order valence-corrected chi connectivity index (χ0v) is 13.2. The van der Waals surface area contributed by atoms with Crippen LogP contribution in [-0.2, 0) is 10.2 Å². The van der Waals surface area contributed by atoms with Gasteiger partial charge in [0.05, 0.1) is 16.4 Å². The second kappa shape index (κ2) is 5.74. The molecule has 5 heteroatoms. The molecule has 122 valence electrons. The van der Waals surface area contributed by atoms with Gasteiger partial charge in [-0.15, -0.1) is 0 Å². The molecular formula is C19H18FN3O. The first-order valence-electron chi connectivity index (χ1n) is 8.19. The first kappa shape index (κ1) is 14.9. The Balaban J connectivity index is 1.69. The molecule has 1 fully saturated rings. The number of para-hydroxylation sites is 2. The van der Waals surface area contributed by atoms with Crippen molar-refractivity contribution in [2.24, 2.45) is 0 Å². The van der Waals surface area contributed by atoms with Gasteiger partial charge in [-0.25, -0.2) is 14.1 Å². The highest BCUT2D eigenvalue weighted by atomic mass is 19.1. The SMILES string of the molecule is O=C(Nn1cnc2ccccc21)C1(c2ccc(F)cc2)CCCC1. The third-order valence-corrected chi connectivity index (χ3v) is 4.96. The zero-order chi connectivity index (χ0) is 16.6. The fourth-order valence-corrected chi connectivity index (χ4v) is 3.66. The average molecular weight is 323 g/mol. The van der Waals surface area contributed by atoms with Gasteiger partial charge in [0.1, 0.15) is 12.1 Å². The monoisotopic (exact) mass is 323 g/mol. The number of amides is 1. The van der Waals surface area contributed by atoms with E-state index >= 15 is 0 Å². The van der Waals surface area contributed by atoms with Crippen LogP contribution in [0.5, 0.6) is 0 Å². The van der Waals surface area contributed by atoms with Crippen LogP contribution in [0.4, 0.5) is 4.39 Å². The molecule has 0 radical (unpaired) electrons. The number of benzene rings is 2. The highest BCUT2D eigenvalue weighted by Gasteiger charge is 2.43. The number of rotatable bonds is 3. The van der Waals surface area contributed by atoms with Crippen molar-refractivity contribution in [1.29, 1.82) is 0 Å². The van der Waals surface area contributed by atoms with Gasteiger partial charge in [-0.05, 0) is 42.7 Å². The van der Waals surface area contributed by atoms with E-state index in [1.54, 1.807) is 23.1 Å². The van der Waals surface area contributed by atoms with Crippen molar-refractivity contribution in [1.82, 2.24) is 9.66 Å². The summed E-state index contributed by atoms with van der Waals surface area (Å²) in [5.74, 6) is -0.345. The maximum Gasteiger partial charge on any atom is 0.249 e. The van der Waals surface area contributed by atoms with Crippen molar-refractivity contribution < 1.29 is 9.18 Å². The van der Waals surface area contributed by atoms with Crippen LogP contribution in [0, 0.1) is 5.82 Å². The lowest BCUT2D eigenvalue weighted by Gasteiger charge is -2.28. The van der Waals surface area contributed by atoms with Crippen molar-refractivity contribution in [3.63, 3.8) is 0 Å². The van der Waals surface area contributed by atoms with Gasteiger partial charge in [0.15, 0.2) is 0 Å². The number of carbonyl (C=O) groups is 1. The Kier molecular flexibility index (Phi) is 3.56. The maximum atomic E-state index is 13.3. The van der Waals surface area contributed by atoms with Gasteiger partial charge in [-0.3, -0.25) is 10.2 Å². The summed E-state index contributed by atoms with van der Waals surface area (Å²) in [6, 6.07) is 14.0. The van der Waals surface area contributed by atoms with Crippen LogP contribution in [0.2, 0.25) is 0 Å². The number of hydrogen-bond donors (Lipinski definition) is 1. The molecule has 1 saturated carbocycles. The van der Waals surface area contributed by atoms with E-state index in [4.69, 9.17) is 0 Å². The standard InChI is InChI=1S/C19H18FN3O/c20-15-9-7-14(8-10-15)19(11-3-4-12-19)18(24)22-23-13-21-16-5-1-2-6-17(16)23/h1-2,5-10,13H,3-4,11-12H2,(H,22,24). The van der Waals surface area contributed by atoms with Gasteiger partial charge < -0.3 is 0 Å². The number of imidazole rings is 1. The Morgan fingerprint density at radius 1 is 1.08 bits per heavy atom. The molecule has 0 aliphatic heterocycles. The summed E-state index contributed by atoms with van der Waals surface area (Å²) in [4.78, 5) is 17.4. The topological polar surface area (TPSA) is 46.9 Å². The molecule has 4 rings (SSSR count). The third-order valence-electron chi connectivity index (χ3n) is 4.96. The summed E-state index contributed by atoms with van der Waals surface area (Å²) in [6.45, 7) is 0. The number of nitrogens with zero attached hydrogens (tertiary/aromatic N) is 2. The minimum absolute atomic E-state index is 0.0604. The van der Waals surface area contributed by atoms with Gasteiger partial charge in [-0.2, -0.15) is 0 Å². The van der Waals surface area contributed by atoms with E-state index in [0.717, 1.165) is 42.3 Å². The molecule has 0 bridgehead atoms. The molecule has 24 heavy (non-hydrogen) atoms. The molecule has 1 N–H and O–H groups in total. The highest BCUT2D eigenvalue weighted by Crippen LogP contribution is 2.41. The quantitative estimate of drug-likeness (QED) is 0.798. The first-order valence-corrected chi connectivity index (χ1v) is 8.19. The Labute approximate surface area is 139 Å². The van der Waals surface area contributed by atoms with E-state index in [-0.39, 0.29) is 11.7 Å². The van der Waals surface area contributed by atoms with Crippen LogP contribution in [0.1, 0.15) is 31.2 Å². The lowest BCUT2D eigenvalue weighted by molar-refractivity contribution is -0.122. The largest absolute Gasteiger partial charge is 0.272 e. The molecule has 1 aromatic heterocycles. The third kappa shape index (κ3) is 2.37. The minimum atomic E-state index is -0.598. The van der Waals surface area contributed by atoms with E-state index in [1.165, 1.54) is 12.1 Å². The van der Waals surface area contributed by atoms with E-state index < -0.39 is 5.41 Å². The van der Waals surface area contributed by atoms with Crippen molar-refractivity contribution in [3.8, 4) is 0 Å². The molecule has 4 nitrogen and oxygen atoms in total. The van der Waals surface area contributed by atoms with Gasteiger partial charge in [-0.1, -0.05) is 37.1 Å². The number of nitrogens with one attached hydrogen (secondary N) is 1. The van der Waals surface area contributed by atoms with E-state index in [9.17, 15) is 9.18 Å². The number of carbonyl (C=O) groups excluding carboxylic acids is 1. The van der Waals surface area contributed by atoms with Crippen LogP contribution in [0.3, 0.4) is 0 Å². The van der Waals surface area contributed by atoms with E-state index in [2.05, 4.69) is 10.4 Å². The molecule has 1 aliphatic rings. The Bertz CT molecular complexity index is 879. The zero-order valence-electron chi connectivity index (χ0n) is 13.2. The van der Waals surface area contributed by atoms with Crippen LogP contribution < -0.4 is 5.43 Å². The predicted octanol–water partition coefficient (Wildman–Crippen LogP) is 3.76. The predicted molar refractivity (Wildman–Crippen MR) is 90.6 cm³/mol. The van der Waals surface area contributed by atoms with Crippen molar-refractivity contribution in [3.05, 3.63) is 66.2 Å². The number of fused-ring (bicyclic) bond motifs is 1. The Hall–Kier alpha value is -2.69. The van der Waals surface area contributed by atoms with Gasteiger partial charge in [0.25, 0.3) is 0 Å². The molecule has 1 amide bonds. The first-order chi connectivity index (χ1) is 11.7.